The highest BCUT2D eigenvalue weighted by Crippen LogP contribution is 2.19. The molecule has 0 saturated carbocycles. The quantitative estimate of drug-likeness (QED) is 0.777. The first-order chi connectivity index (χ1) is 7.80. The molecule has 17 heavy (non-hydrogen) atoms. The first kappa shape index (κ1) is 13.8. The summed E-state index contributed by atoms with van der Waals surface area (Å²) in [5.41, 5.74) is 0. The topological polar surface area (TPSA) is 75.6 Å². The molecule has 8 heteroatoms. The minimum Gasteiger partial charge on any atom is -0.479 e. The summed E-state index contributed by atoms with van der Waals surface area (Å²) in [4.78, 5) is 21.1. The zero-order valence-corrected chi connectivity index (χ0v) is 8.79. The molecule has 0 bridgehead atoms. The highest BCUT2D eigenvalue weighted by molar-refractivity contribution is 5.81. The van der Waals surface area contributed by atoms with E-state index in [1.807, 2.05) is 0 Å². The maximum atomic E-state index is 11.9. The second-order valence-corrected chi connectivity index (χ2v) is 3.72. The number of carbonyl (C=O) groups excluding carboxylic acids is 1. The van der Waals surface area contributed by atoms with Crippen molar-refractivity contribution < 1.29 is 32.6 Å². The average molecular weight is 255 g/mol. The maximum Gasteiger partial charge on any atom is 0.471 e. The summed E-state index contributed by atoms with van der Waals surface area (Å²) in [6.45, 7) is -0.331. The normalized spacial score (nSPS) is 25.4. The van der Waals surface area contributed by atoms with Gasteiger partial charge < -0.3 is 15.2 Å². The Kier molecular flexibility index (Phi) is 4.33. The number of hydrogen-bond acceptors (Lipinski definition) is 3. The third-order valence-corrected chi connectivity index (χ3v) is 2.37. The van der Waals surface area contributed by atoms with E-state index in [4.69, 9.17) is 9.84 Å². The lowest BCUT2D eigenvalue weighted by atomic mass is 10.0. The fourth-order valence-corrected chi connectivity index (χ4v) is 1.54. The standard InChI is InChI=1S/C9H12F3NO4/c10-9(11,12)8(16)13-4-5-2-1-3-6(17-5)7(14)15/h5-6H,1-4H2,(H,13,16)(H,14,15)/t5-,6-/m0/s1. The second-order valence-electron chi connectivity index (χ2n) is 3.72. The van der Waals surface area contributed by atoms with Crippen molar-refractivity contribution in [2.24, 2.45) is 0 Å². The van der Waals surface area contributed by atoms with Crippen molar-refractivity contribution in [3.05, 3.63) is 0 Å². The Hall–Kier alpha value is -1.31. The van der Waals surface area contributed by atoms with Crippen LogP contribution in [0, 0.1) is 0 Å². The molecular formula is C9H12F3NO4. The lowest BCUT2D eigenvalue weighted by Crippen LogP contribution is -2.44. The van der Waals surface area contributed by atoms with Gasteiger partial charge >= 0.3 is 18.1 Å². The van der Waals surface area contributed by atoms with E-state index in [1.165, 1.54) is 0 Å². The van der Waals surface area contributed by atoms with E-state index in [1.54, 1.807) is 5.32 Å². The number of nitrogens with one attached hydrogen (secondary N) is 1. The minimum atomic E-state index is -4.93. The Morgan fingerprint density at radius 1 is 1.35 bits per heavy atom. The smallest absolute Gasteiger partial charge is 0.471 e. The van der Waals surface area contributed by atoms with Crippen LogP contribution in [0.5, 0.6) is 0 Å². The molecule has 1 aliphatic rings. The van der Waals surface area contributed by atoms with E-state index in [-0.39, 0.29) is 6.54 Å². The van der Waals surface area contributed by atoms with E-state index in [0.717, 1.165) is 0 Å². The summed E-state index contributed by atoms with van der Waals surface area (Å²) in [6.07, 6.45) is -5.31. The molecule has 2 atom stereocenters. The van der Waals surface area contributed by atoms with Crippen molar-refractivity contribution in [2.75, 3.05) is 6.54 Å². The van der Waals surface area contributed by atoms with Crippen molar-refractivity contribution in [1.82, 2.24) is 5.32 Å². The van der Waals surface area contributed by atoms with E-state index >= 15 is 0 Å². The first-order valence-electron chi connectivity index (χ1n) is 5.04. The molecule has 0 aromatic carbocycles. The summed E-state index contributed by atoms with van der Waals surface area (Å²) in [5, 5.41) is 10.3. The number of aliphatic carboxylic acids is 1. The summed E-state index contributed by atoms with van der Waals surface area (Å²) < 4.78 is 40.6. The molecule has 98 valence electrons. The number of hydrogen-bond donors (Lipinski definition) is 2. The van der Waals surface area contributed by atoms with Gasteiger partial charge in [-0.15, -0.1) is 0 Å². The van der Waals surface area contributed by atoms with Crippen molar-refractivity contribution in [2.45, 2.75) is 37.6 Å². The molecule has 0 spiro atoms. The monoisotopic (exact) mass is 255 g/mol. The van der Waals surface area contributed by atoms with Gasteiger partial charge in [0.2, 0.25) is 0 Å². The van der Waals surface area contributed by atoms with Crippen molar-refractivity contribution in [3.8, 4) is 0 Å². The number of ether oxygens (including phenoxy) is 1. The van der Waals surface area contributed by atoms with Crippen LogP contribution in [-0.4, -0.2) is 41.9 Å². The van der Waals surface area contributed by atoms with Crippen LogP contribution in [0.15, 0.2) is 0 Å². The molecule has 1 saturated heterocycles. The van der Waals surface area contributed by atoms with Crippen molar-refractivity contribution >= 4 is 11.9 Å². The summed E-state index contributed by atoms with van der Waals surface area (Å²) in [6, 6.07) is 0. The van der Waals surface area contributed by atoms with E-state index in [9.17, 15) is 22.8 Å². The van der Waals surface area contributed by atoms with Gasteiger partial charge in [0.25, 0.3) is 0 Å². The number of halogens is 3. The molecule has 2 N–H and O–H groups in total. The molecule has 0 radical (unpaired) electrons. The predicted octanol–water partition coefficient (Wildman–Crippen LogP) is 0.687. The largest absolute Gasteiger partial charge is 0.479 e. The van der Waals surface area contributed by atoms with Crippen molar-refractivity contribution in [1.29, 1.82) is 0 Å². The third kappa shape index (κ3) is 4.22. The van der Waals surface area contributed by atoms with E-state index < -0.39 is 30.3 Å². The molecule has 5 nitrogen and oxygen atoms in total. The van der Waals surface area contributed by atoms with Gasteiger partial charge in [-0.1, -0.05) is 0 Å². The third-order valence-electron chi connectivity index (χ3n) is 2.37. The number of carbonyl (C=O) groups is 2. The first-order valence-corrected chi connectivity index (χ1v) is 5.04. The van der Waals surface area contributed by atoms with Crippen LogP contribution in [-0.2, 0) is 14.3 Å². The van der Waals surface area contributed by atoms with Gasteiger partial charge in [0, 0.05) is 6.54 Å². The minimum absolute atomic E-state index is 0.331. The van der Waals surface area contributed by atoms with Gasteiger partial charge in [0.1, 0.15) is 0 Å². The molecule has 1 aliphatic heterocycles. The number of carboxylic acids is 1. The van der Waals surface area contributed by atoms with Crippen LogP contribution in [0.3, 0.4) is 0 Å². The van der Waals surface area contributed by atoms with Crippen LogP contribution in [0.25, 0.3) is 0 Å². The second kappa shape index (κ2) is 5.35. The van der Waals surface area contributed by atoms with Crippen LogP contribution < -0.4 is 5.32 Å². The Morgan fingerprint density at radius 3 is 2.53 bits per heavy atom. The summed E-state index contributed by atoms with van der Waals surface area (Å²) >= 11 is 0. The average Bonchev–Trinajstić information content (AvgIpc) is 2.25. The molecule has 1 heterocycles. The lowest BCUT2D eigenvalue weighted by molar-refractivity contribution is -0.175. The Bertz CT molecular complexity index is 305. The zero-order valence-electron chi connectivity index (χ0n) is 8.79. The van der Waals surface area contributed by atoms with Crippen LogP contribution in [0.2, 0.25) is 0 Å². The van der Waals surface area contributed by atoms with Gasteiger partial charge in [-0.25, -0.2) is 4.79 Å². The zero-order chi connectivity index (χ0) is 13.1. The number of rotatable bonds is 3. The van der Waals surface area contributed by atoms with Gasteiger partial charge in [-0.3, -0.25) is 4.79 Å². The molecule has 1 fully saturated rings. The van der Waals surface area contributed by atoms with Gasteiger partial charge in [0.15, 0.2) is 6.10 Å². The molecular weight excluding hydrogens is 243 g/mol. The van der Waals surface area contributed by atoms with Gasteiger partial charge in [0.05, 0.1) is 6.10 Å². The fourth-order valence-electron chi connectivity index (χ4n) is 1.54. The van der Waals surface area contributed by atoms with E-state index in [2.05, 4.69) is 0 Å². The molecule has 0 aromatic rings. The van der Waals surface area contributed by atoms with Crippen LogP contribution in [0.4, 0.5) is 13.2 Å². The summed E-state index contributed by atoms with van der Waals surface area (Å²) in [7, 11) is 0. The van der Waals surface area contributed by atoms with Crippen molar-refractivity contribution in [3.63, 3.8) is 0 Å². The fraction of sp³-hybridized carbons (Fsp3) is 0.778. The molecule has 0 aliphatic carbocycles. The maximum absolute atomic E-state index is 11.9. The Balaban J connectivity index is 2.37. The molecule has 1 rings (SSSR count). The lowest BCUT2D eigenvalue weighted by Gasteiger charge is -2.27. The van der Waals surface area contributed by atoms with Gasteiger partial charge in [-0.2, -0.15) is 13.2 Å². The molecule has 0 unspecified atom stereocenters. The van der Waals surface area contributed by atoms with E-state index in [0.29, 0.717) is 19.3 Å². The van der Waals surface area contributed by atoms with Gasteiger partial charge in [-0.05, 0) is 19.3 Å². The summed E-state index contributed by atoms with van der Waals surface area (Å²) in [5.74, 6) is -3.18. The highest BCUT2D eigenvalue weighted by Gasteiger charge is 2.39. The molecule has 1 amide bonds. The van der Waals surface area contributed by atoms with Crippen LogP contribution in [0.1, 0.15) is 19.3 Å². The highest BCUT2D eigenvalue weighted by atomic mass is 19.4. The Labute approximate surface area is 94.9 Å². The SMILES string of the molecule is O=C(O)[C@@H]1CCC[C@@H](CNC(=O)C(F)(F)F)O1. The predicted molar refractivity (Wildman–Crippen MR) is 49.2 cm³/mol. The Morgan fingerprint density at radius 2 is 2.00 bits per heavy atom. The number of alkyl halides is 3. The number of carboxylic acid groups (broad SMARTS) is 1. The number of amides is 1. The van der Waals surface area contributed by atoms with Crippen LogP contribution >= 0.6 is 0 Å². The molecule has 0 aromatic heterocycles.